The Bertz CT molecular complexity index is 541. The van der Waals surface area contributed by atoms with Crippen LogP contribution in [-0.4, -0.2) is 26.6 Å². The molecular formula is C11H16N2O3S2. The zero-order valence-electron chi connectivity index (χ0n) is 10.0. The molecule has 0 saturated heterocycles. The van der Waals surface area contributed by atoms with Crippen molar-refractivity contribution in [3.05, 3.63) is 29.3 Å². The molecule has 0 heterocycles. The van der Waals surface area contributed by atoms with Crippen LogP contribution in [0.15, 0.2) is 23.1 Å². The quantitative estimate of drug-likeness (QED) is 0.550. The second-order valence-corrected chi connectivity index (χ2v) is 6.23. The highest BCUT2D eigenvalue weighted by atomic mass is 32.2. The Morgan fingerprint density at radius 1 is 1.44 bits per heavy atom. The van der Waals surface area contributed by atoms with E-state index in [0.717, 1.165) is 5.56 Å². The number of primary sulfonamides is 1. The van der Waals surface area contributed by atoms with E-state index >= 15 is 0 Å². The summed E-state index contributed by atoms with van der Waals surface area (Å²) in [7, 11) is -3.47. The summed E-state index contributed by atoms with van der Waals surface area (Å²) in [5, 5.41) is 7.50. The van der Waals surface area contributed by atoms with Crippen LogP contribution in [0.25, 0.3) is 0 Å². The van der Waals surface area contributed by atoms with Gasteiger partial charge in [-0.15, -0.1) is 12.6 Å². The Morgan fingerprint density at radius 2 is 2.11 bits per heavy atom. The first-order valence-electron chi connectivity index (χ1n) is 5.38. The minimum Gasteiger partial charge on any atom is -0.352 e. The number of sulfonamides is 1. The first-order valence-corrected chi connectivity index (χ1v) is 7.54. The van der Waals surface area contributed by atoms with Gasteiger partial charge in [0.1, 0.15) is 0 Å². The summed E-state index contributed by atoms with van der Waals surface area (Å²) >= 11 is 4.17. The first kappa shape index (κ1) is 15.0. The van der Waals surface area contributed by atoms with E-state index < -0.39 is 10.0 Å². The highest BCUT2D eigenvalue weighted by Crippen LogP contribution is 2.13. The Balaban J connectivity index is 2.53. The van der Waals surface area contributed by atoms with E-state index in [2.05, 4.69) is 17.9 Å². The Labute approximate surface area is 112 Å². The molecule has 0 aliphatic rings. The molecule has 0 atom stereocenters. The third-order valence-corrected chi connectivity index (χ3v) is 3.49. The standard InChI is InChI=1S/C11H16N2O3S2/c1-8-3-4-9(17)7-10(8)11(14)13-5-2-6-18(12,15)16/h3-4,7,17H,2,5-6H2,1H3,(H,13,14)(H2,12,15,16). The molecule has 1 rings (SSSR count). The monoisotopic (exact) mass is 288 g/mol. The van der Waals surface area contributed by atoms with Crippen LogP contribution >= 0.6 is 12.6 Å². The second kappa shape index (κ2) is 6.21. The fourth-order valence-corrected chi connectivity index (χ4v) is 2.18. The summed E-state index contributed by atoms with van der Waals surface area (Å²) in [6.45, 7) is 2.10. The minimum atomic E-state index is -3.47. The van der Waals surface area contributed by atoms with Crippen molar-refractivity contribution in [3.63, 3.8) is 0 Å². The van der Waals surface area contributed by atoms with Crippen molar-refractivity contribution in [2.45, 2.75) is 18.2 Å². The van der Waals surface area contributed by atoms with E-state index in [1.807, 2.05) is 13.0 Å². The van der Waals surface area contributed by atoms with Gasteiger partial charge in [-0.1, -0.05) is 6.07 Å². The van der Waals surface area contributed by atoms with E-state index in [4.69, 9.17) is 5.14 Å². The molecule has 5 nitrogen and oxygen atoms in total. The van der Waals surface area contributed by atoms with Gasteiger partial charge in [0.2, 0.25) is 10.0 Å². The maximum Gasteiger partial charge on any atom is 0.251 e. The van der Waals surface area contributed by atoms with Gasteiger partial charge in [-0.3, -0.25) is 4.79 Å². The zero-order valence-corrected chi connectivity index (χ0v) is 11.7. The number of carbonyl (C=O) groups excluding carboxylic acids is 1. The van der Waals surface area contributed by atoms with Crippen LogP contribution in [0.1, 0.15) is 22.3 Å². The van der Waals surface area contributed by atoms with Crippen molar-refractivity contribution in [2.75, 3.05) is 12.3 Å². The van der Waals surface area contributed by atoms with Gasteiger partial charge in [0.05, 0.1) is 5.75 Å². The van der Waals surface area contributed by atoms with E-state index in [0.29, 0.717) is 16.9 Å². The lowest BCUT2D eigenvalue weighted by Crippen LogP contribution is -2.27. The second-order valence-electron chi connectivity index (χ2n) is 3.98. The van der Waals surface area contributed by atoms with Crippen LogP contribution in [0.4, 0.5) is 0 Å². The Kier molecular flexibility index (Phi) is 5.18. The Hall–Kier alpha value is -1.05. The largest absolute Gasteiger partial charge is 0.352 e. The summed E-state index contributed by atoms with van der Waals surface area (Å²) in [6, 6.07) is 5.28. The van der Waals surface area contributed by atoms with Crippen molar-refractivity contribution in [1.29, 1.82) is 0 Å². The van der Waals surface area contributed by atoms with E-state index in [1.54, 1.807) is 12.1 Å². The third-order valence-electron chi connectivity index (χ3n) is 2.36. The predicted molar refractivity (Wildman–Crippen MR) is 73.4 cm³/mol. The van der Waals surface area contributed by atoms with Crippen molar-refractivity contribution in [2.24, 2.45) is 5.14 Å². The predicted octanol–water partition coefficient (Wildman–Crippen LogP) is 0.692. The van der Waals surface area contributed by atoms with Gasteiger partial charge in [0, 0.05) is 17.0 Å². The van der Waals surface area contributed by atoms with Gasteiger partial charge in [0.15, 0.2) is 0 Å². The highest BCUT2D eigenvalue weighted by Gasteiger charge is 2.09. The normalized spacial score (nSPS) is 11.3. The average molecular weight is 288 g/mol. The SMILES string of the molecule is Cc1ccc(S)cc1C(=O)NCCCS(N)(=O)=O. The number of benzene rings is 1. The number of nitrogens with two attached hydrogens (primary N) is 1. The average Bonchev–Trinajstić information content (AvgIpc) is 2.26. The van der Waals surface area contributed by atoms with Gasteiger partial charge in [0.25, 0.3) is 5.91 Å². The van der Waals surface area contributed by atoms with Crippen molar-refractivity contribution < 1.29 is 13.2 Å². The van der Waals surface area contributed by atoms with Crippen LogP contribution in [-0.2, 0) is 10.0 Å². The number of rotatable bonds is 5. The molecule has 0 unspecified atom stereocenters. The number of nitrogens with one attached hydrogen (secondary N) is 1. The van der Waals surface area contributed by atoms with Crippen LogP contribution in [0, 0.1) is 6.92 Å². The maximum atomic E-state index is 11.8. The number of aryl methyl sites for hydroxylation is 1. The lowest BCUT2D eigenvalue weighted by atomic mass is 10.1. The smallest absolute Gasteiger partial charge is 0.251 e. The van der Waals surface area contributed by atoms with Crippen LogP contribution in [0.3, 0.4) is 0 Å². The summed E-state index contributed by atoms with van der Waals surface area (Å²) in [5.74, 6) is -0.378. The molecule has 1 aromatic carbocycles. The molecule has 0 radical (unpaired) electrons. The molecular weight excluding hydrogens is 272 g/mol. The maximum absolute atomic E-state index is 11.8. The molecule has 7 heteroatoms. The van der Waals surface area contributed by atoms with Crippen molar-refractivity contribution >= 4 is 28.6 Å². The fourth-order valence-electron chi connectivity index (χ4n) is 1.43. The van der Waals surface area contributed by atoms with Gasteiger partial charge in [-0.05, 0) is 31.0 Å². The molecule has 0 bridgehead atoms. The number of thiol groups is 1. The first-order chi connectivity index (χ1) is 8.29. The third kappa shape index (κ3) is 5.07. The van der Waals surface area contributed by atoms with Gasteiger partial charge >= 0.3 is 0 Å². The summed E-state index contributed by atoms with van der Waals surface area (Å²) in [4.78, 5) is 12.5. The molecule has 1 amide bonds. The number of hydrogen-bond donors (Lipinski definition) is 3. The molecule has 0 aliphatic carbocycles. The van der Waals surface area contributed by atoms with Crippen molar-refractivity contribution in [3.8, 4) is 0 Å². The molecule has 3 N–H and O–H groups in total. The fraction of sp³-hybridized carbons (Fsp3) is 0.364. The van der Waals surface area contributed by atoms with Crippen LogP contribution < -0.4 is 10.5 Å². The summed E-state index contributed by atoms with van der Waals surface area (Å²) in [6.07, 6.45) is 0.296. The molecule has 1 aromatic rings. The summed E-state index contributed by atoms with van der Waals surface area (Å²) < 4.78 is 21.4. The molecule has 18 heavy (non-hydrogen) atoms. The lowest BCUT2D eigenvalue weighted by molar-refractivity contribution is 0.0953. The zero-order chi connectivity index (χ0) is 13.8. The van der Waals surface area contributed by atoms with E-state index in [1.165, 1.54) is 0 Å². The number of amides is 1. The number of carbonyl (C=O) groups is 1. The number of hydrogen-bond acceptors (Lipinski definition) is 4. The van der Waals surface area contributed by atoms with Gasteiger partial charge in [-0.25, -0.2) is 13.6 Å². The topological polar surface area (TPSA) is 89.3 Å². The van der Waals surface area contributed by atoms with Gasteiger partial charge < -0.3 is 5.32 Å². The molecule has 100 valence electrons. The van der Waals surface area contributed by atoms with Gasteiger partial charge in [-0.2, -0.15) is 0 Å². The minimum absolute atomic E-state index is 0.140. The molecule has 0 saturated carbocycles. The Morgan fingerprint density at radius 3 is 2.72 bits per heavy atom. The molecule has 0 aliphatic heterocycles. The van der Waals surface area contributed by atoms with Crippen molar-refractivity contribution in [1.82, 2.24) is 5.32 Å². The molecule has 0 spiro atoms. The van der Waals surface area contributed by atoms with E-state index in [-0.39, 0.29) is 18.2 Å². The van der Waals surface area contributed by atoms with Crippen LogP contribution in [0.5, 0.6) is 0 Å². The highest BCUT2D eigenvalue weighted by molar-refractivity contribution is 7.89. The van der Waals surface area contributed by atoms with Crippen LogP contribution in [0.2, 0.25) is 0 Å². The molecule has 0 fully saturated rings. The molecule has 0 aromatic heterocycles. The van der Waals surface area contributed by atoms with E-state index in [9.17, 15) is 13.2 Å². The summed E-state index contributed by atoms with van der Waals surface area (Å²) in [5.41, 5.74) is 1.38. The lowest BCUT2D eigenvalue weighted by Gasteiger charge is -2.08.